The maximum absolute atomic E-state index is 12.3. The molecule has 90 valence electrons. The van der Waals surface area contributed by atoms with Crippen LogP contribution < -0.4 is 5.32 Å². The molecular formula is C12H15N3O2. The Morgan fingerprint density at radius 1 is 1.35 bits per heavy atom. The van der Waals surface area contributed by atoms with Crippen LogP contribution in [0.4, 0.5) is 0 Å². The highest BCUT2D eigenvalue weighted by atomic mass is 16.4. The summed E-state index contributed by atoms with van der Waals surface area (Å²) in [6.07, 6.45) is 1.29. The second-order valence-corrected chi connectivity index (χ2v) is 3.87. The molecule has 5 nitrogen and oxygen atoms in total. The maximum Gasteiger partial charge on any atom is 0.254 e. The molecule has 0 aromatic heterocycles. The summed E-state index contributed by atoms with van der Waals surface area (Å²) in [6.45, 7) is 3.07. The van der Waals surface area contributed by atoms with Gasteiger partial charge in [-0.3, -0.25) is 4.79 Å². The molecule has 5 heteroatoms. The van der Waals surface area contributed by atoms with E-state index < -0.39 is 0 Å². The molecule has 0 atom stereocenters. The molecule has 0 spiro atoms. The average Bonchev–Trinajstić information content (AvgIpc) is 2.40. The van der Waals surface area contributed by atoms with Crippen LogP contribution in [-0.4, -0.2) is 48.4 Å². The van der Waals surface area contributed by atoms with E-state index in [0.717, 1.165) is 13.1 Å². The third-order valence-electron chi connectivity index (χ3n) is 2.79. The summed E-state index contributed by atoms with van der Waals surface area (Å²) in [5, 5.41) is 14.8. The Balaban J connectivity index is 2.23. The highest BCUT2D eigenvalue weighted by Gasteiger charge is 2.19. The number of piperazine rings is 1. The maximum atomic E-state index is 12.3. The first-order chi connectivity index (χ1) is 8.33. The SMILES string of the molecule is O=C(c1ccccc1/C=N/O)N1CCNCC1. The number of hydrogen-bond acceptors (Lipinski definition) is 4. The highest BCUT2D eigenvalue weighted by molar-refractivity contribution is 6.02. The topological polar surface area (TPSA) is 64.9 Å². The number of nitrogens with zero attached hydrogens (tertiary/aromatic N) is 2. The van der Waals surface area contributed by atoms with Gasteiger partial charge in [-0.2, -0.15) is 0 Å². The number of nitrogens with one attached hydrogen (secondary N) is 1. The van der Waals surface area contributed by atoms with Gasteiger partial charge in [-0.05, 0) is 6.07 Å². The molecule has 1 amide bonds. The molecule has 17 heavy (non-hydrogen) atoms. The van der Waals surface area contributed by atoms with Crippen molar-refractivity contribution in [2.75, 3.05) is 26.2 Å². The third-order valence-corrected chi connectivity index (χ3v) is 2.79. The minimum absolute atomic E-state index is 0.0120. The monoisotopic (exact) mass is 233 g/mol. The number of carbonyl (C=O) groups excluding carboxylic acids is 1. The van der Waals surface area contributed by atoms with E-state index in [1.165, 1.54) is 6.21 Å². The minimum Gasteiger partial charge on any atom is -0.411 e. The molecule has 1 aliphatic rings. The number of rotatable bonds is 2. The lowest BCUT2D eigenvalue weighted by Crippen LogP contribution is -2.46. The van der Waals surface area contributed by atoms with Gasteiger partial charge < -0.3 is 15.4 Å². The first kappa shape index (κ1) is 11.6. The Morgan fingerprint density at radius 3 is 2.76 bits per heavy atom. The average molecular weight is 233 g/mol. The summed E-state index contributed by atoms with van der Waals surface area (Å²) in [5.74, 6) is -0.0120. The Kier molecular flexibility index (Phi) is 3.72. The number of oxime groups is 1. The molecule has 1 fully saturated rings. The van der Waals surface area contributed by atoms with Crippen LogP contribution in [0.5, 0.6) is 0 Å². The number of hydrogen-bond donors (Lipinski definition) is 2. The van der Waals surface area contributed by atoms with Gasteiger partial charge in [0.05, 0.1) is 6.21 Å². The molecule has 1 aliphatic heterocycles. The van der Waals surface area contributed by atoms with Gasteiger partial charge in [0.1, 0.15) is 0 Å². The summed E-state index contributed by atoms with van der Waals surface area (Å²) >= 11 is 0. The van der Waals surface area contributed by atoms with Crippen molar-refractivity contribution in [1.29, 1.82) is 0 Å². The summed E-state index contributed by atoms with van der Waals surface area (Å²) in [5.41, 5.74) is 1.21. The van der Waals surface area contributed by atoms with Crippen LogP contribution in [0.3, 0.4) is 0 Å². The molecule has 1 heterocycles. The second-order valence-electron chi connectivity index (χ2n) is 3.87. The Bertz CT molecular complexity index is 426. The molecule has 1 aromatic rings. The lowest BCUT2D eigenvalue weighted by molar-refractivity contribution is 0.0735. The summed E-state index contributed by atoms with van der Waals surface area (Å²) in [4.78, 5) is 14.1. The summed E-state index contributed by atoms with van der Waals surface area (Å²) < 4.78 is 0. The van der Waals surface area contributed by atoms with Crippen molar-refractivity contribution >= 4 is 12.1 Å². The normalized spacial score (nSPS) is 16.4. The Hall–Kier alpha value is -1.88. The first-order valence-corrected chi connectivity index (χ1v) is 5.59. The molecule has 0 unspecified atom stereocenters. The largest absolute Gasteiger partial charge is 0.411 e. The number of amides is 1. The van der Waals surface area contributed by atoms with E-state index in [1.807, 2.05) is 12.1 Å². The van der Waals surface area contributed by atoms with Crippen LogP contribution in [0.15, 0.2) is 29.4 Å². The van der Waals surface area contributed by atoms with Crippen LogP contribution in [0.2, 0.25) is 0 Å². The highest BCUT2D eigenvalue weighted by Crippen LogP contribution is 2.10. The zero-order chi connectivity index (χ0) is 12.1. The zero-order valence-corrected chi connectivity index (χ0v) is 9.47. The van der Waals surface area contributed by atoms with Crippen LogP contribution in [0.1, 0.15) is 15.9 Å². The molecule has 1 aromatic carbocycles. The van der Waals surface area contributed by atoms with Gasteiger partial charge in [0, 0.05) is 37.3 Å². The standard InChI is InChI=1S/C12H15N3O2/c16-12(15-7-5-13-6-8-15)11-4-2-1-3-10(11)9-14-17/h1-4,9,13,17H,5-8H2/b14-9+. The molecular weight excluding hydrogens is 218 g/mol. The molecule has 2 N–H and O–H groups in total. The fourth-order valence-corrected chi connectivity index (χ4v) is 1.90. The minimum atomic E-state index is -0.0120. The molecule has 0 saturated carbocycles. The van der Waals surface area contributed by atoms with E-state index in [-0.39, 0.29) is 5.91 Å². The number of benzene rings is 1. The van der Waals surface area contributed by atoms with Gasteiger partial charge in [-0.25, -0.2) is 0 Å². The second kappa shape index (κ2) is 5.45. The lowest BCUT2D eigenvalue weighted by atomic mass is 10.1. The quantitative estimate of drug-likeness (QED) is 0.445. The van der Waals surface area contributed by atoms with E-state index in [2.05, 4.69) is 10.5 Å². The van der Waals surface area contributed by atoms with E-state index in [9.17, 15) is 4.79 Å². The molecule has 1 saturated heterocycles. The van der Waals surface area contributed by atoms with E-state index in [4.69, 9.17) is 5.21 Å². The summed E-state index contributed by atoms with van der Waals surface area (Å²) in [6, 6.07) is 7.13. The zero-order valence-electron chi connectivity index (χ0n) is 9.47. The van der Waals surface area contributed by atoms with Crippen LogP contribution in [0, 0.1) is 0 Å². The van der Waals surface area contributed by atoms with Gasteiger partial charge in [-0.15, -0.1) is 0 Å². The fourth-order valence-electron chi connectivity index (χ4n) is 1.90. The van der Waals surface area contributed by atoms with Crippen molar-refractivity contribution in [1.82, 2.24) is 10.2 Å². The van der Waals surface area contributed by atoms with Crippen molar-refractivity contribution in [3.8, 4) is 0 Å². The van der Waals surface area contributed by atoms with Crippen LogP contribution in [0.25, 0.3) is 0 Å². The van der Waals surface area contributed by atoms with Gasteiger partial charge >= 0.3 is 0 Å². The van der Waals surface area contributed by atoms with Crippen molar-refractivity contribution < 1.29 is 10.0 Å². The fraction of sp³-hybridized carbons (Fsp3) is 0.333. The molecule has 0 radical (unpaired) electrons. The predicted octanol–water partition coefficient (Wildman–Crippen LogP) is 0.540. The van der Waals surface area contributed by atoms with Gasteiger partial charge in [0.25, 0.3) is 5.91 Å². The third kappa shape index (κ3) is 2.62. The van der Waals surface area contributed by atoms with Gasteiger partial charge in [0.2, 0.25) is 0 Å². The Labute approximate surface area is 99.7 Å². The van der Waals surface area contributed by atoms with Gasteiger partial charge in [-0.1, -0.05) is 23.4 Å². The lowest BCUT2D eigenvalue weighted by Gasteiger charge is -2.27. The first-order valence-electron chi connectivity index (χ1n) is 5.59. The van der Waals surface area contributed by atoms with E-state index >= 15 is 0 Å². The van der Waals surface area contributed by atoms with Crippen molar-refractivity contribution in [3.63, 3.8) is 0 Å². The van der Waals surface area contributed by atoms with Crippen molar-refractivity contribution in [2.24, 2.45) is 5.16 Å². The molecule has 2 rings (SSSR count). The van der Waals surface area contributed by atoms with Crippen LogP contribution in [-0.2, 0) is 0 Å². The van der Waals surface area contributed by atoms with Gasteiger partial charge in [0.15, 0.2) is 0 Å². The predicted molar refractivity (Wildman–Crippen MR) is 64.6 cm³/mol. The van der Waals surface area contributed by atoms with Crippen molar-refractivity contribution in [3.05, 3.63) is 35.4 Å². The van der Waals surface area contributed by atoms with Crippen molar-refractivity contribution in [2.45, 2.75) is 0 Å². The van der Waals surface area contributed by atoms with Crippen LogP contribution >= 0.6 is 0 Å². The smallest absolute Gasteiger partial charge is 0.254 e. The molecule has 0 aliphatic carbocycles. The van der Waals surface area contributed by atoms with E-state index in [1.54, 1.807) is 17.0 Å². The Morgan fingerprint density at radius 2 is 2.06 bits per heavy atom. The molecule has 0 bridgehead atoms. The number of carbonyl (C=O) groups is 1. The summed E-state index contributed by atoms with van der Waals surface area (Å²) in [7, 11) is 0. The van der Waals surface area contributed by atoms with E-state index in [0.29, 0.717) is 24.2 Å².